The third-order valence-corrected chi connectivity index (χ3v) is 9.02. The first-order valence-electron chi connectivity index (χ1n) is 6.15. The summed E-state index contributed by atoms with van der Waals surface area (Å²) in [6.07, 6.45) is 4.18. The highest BCUT2D eigenvalue weighted by molar-refractivity contribution is 6.78. The smallest absolute Gasteiger partial charge is 0.162 e. The Morgan fingerprint density at radius 3 is 2.13 bits per heavy atom. The van der Waals surface area contributed by atoms with Crippen molar-refractivity contribution in [2.24, 2.45) is 0 Å². The average molecular weight is 224 g/mol. The molecule has 1 aromatic heterocycles. The minimum atomic E-state index is -1.29. The van der Waals surface area contributed by atoms with Crippen molar-refractivity contribution in [2.75, 3.05) is 0 Å². The molecule has 2 nitrogen and oxygen atoms in total. The predicted octanol–water partition coefficient (Wildman–Crippen LogP) is 3.86. The molecule has 1 aromatic rings. The molecule has 0 fully saturated rings. The van der Waals surface area contributed by atoms with Crippen molar-refractivity contribution in [3.05, 3.63) is 18.2 Å². The second kappa shape index (κ2) is 4.97. The Hall–Kier alpha value is -0.573. The van der Waals surface area contributed by atoms with Gasteiger partial charge in [0.2, 0.25) is 0 Å². The zero-order valence-electron chi connectivity index (χ0n) is 10.7. The molecule has 0 radical (unpaired) electrons. The molecule has 15 heavy (non-hydrogen) atoms. The van der Waals surface area contributed by atoms with Gasteiger partial charge in [0, 0.05) is 18.3 Å². The average Bonchev–Trinajstić information content (AvgIpc) is 2.71. The summed E-state index contributed by atoms with van der Waals surface area (Å²) in [5.41, 5.74) is 0. The van der Waals surface area contributed by atoms with Crippen LogP contribution in [0.3, 0.4) is 0 Å². The lowest BCUT2D eigenvalue weighted by molar-refractivity contribution is 0.757. The van der Waals surface area contributed by atoms with Crippen molar-refractivity contribution in [2.45, 2.75) is 58.7 Å². The van der Waals surface area contributed by atoms with E-state index in [0.29, 0.717) is 5.92 Å². The topological polar surface area (TPSA) is 17.8 Å². The molecule has 0 N–H and O–H groups in total. The lowest BCUT2D eigenvalue weighted by Crippen LogP contribution is -2.42. The van der Waals surface area contributed by atoms with Gasteiger partial charge in [-0.3, -0.25) is 0 Å². The van der Waals surface area contributed by atoms with Crippen molar-refractivity contribution in [3.63, 3.8) is 0 Å². The fraction of sp³-hybridized carbons (Fsp3) is 0.750. The van der Waals surface area contributed by atoms with Crippen LogP contribution in [0.25, 0.3) is 0 Å². The molecule has 1 heterocycles. The summed E-state index contributed by atoms with van der Waals surface area (Å²) in [4.78, 5) is 4.52. The zero-order chi connectivity index (χ0) is 11.5. The number of nitrogens with zero attached hydrogens (tertiary/aromatic N) is 2. The summed E-state index contributed by atoms with van der Waals surface area (Å²) in [7, 11) is -1.29. The highest BCUT2D eigenvalue weighted by atomic mass is 28.3. The molecule has 0 spiro atoms. The number of imidazole rings is 1. The molecule has 3 heteroatoms. The van der Waals surface area contributed by atoms with Crippen LogP contribution in [0.4, 0.5) is 0 Å². The van der Waals surface area contributed by atoms with Gasteiger partial charge in [0.1, 0.15) is 5.82 Å². The molecule has 0 aliphatic heterocycles. The van der Waals surface area contributed by atoms with E-state index in [9.17, 15) is 0 Å². The summed E-state index contributed by atoms with van der Waals surface area (Å²) >= 11 is 0. The monoisotopic (exact) mass is 224 g/mol. The fourth-order valence-electron chi connectivity index (χ4n) is 2.40. The standard InChI is InChI=1S/C12H24N2Si/c1-6-15(7-2,8-3)14-10-9-13-12(14)11(4)5/h9-11H,6-8H2,1-5H3. The summed E-state index contributed by atoms with van der Waals surface area (Å²) in [6.45, 7) is 11.5. The van der Waals surface area contributed by atoms with Crippen LogP contribution in [0, 0.1) is 0 Å². The van der Waals surface area contributed by atoms with Crippen LogP contribution in [0.1, 0.15) is 46.4 Å². The van der Waals surface area contributed by atoms with Gasteiger partial charge in [-0.1, -0.05) is 34.6 Å². The molecule has 1 rings (SSSR count). The first kappa shape index (κ1) is 12.5. The van der Waals surface area contributed by atoms with E-state index in [-0.39, 0.29) is 0 Å². The maximum absolute atomic E-state index is 4.52. The lowest BCUT2D eigenvalue weighted by atomic mass is 10.2. The minimum Gasteiger partial charge on any atom is -0.362 e. The third-order valence-electron chi connectivity index (χ3n) is 3.67. The Balaban J connectivity index is 3.16. The molecule has 0 atom stereocenters. The van der Waals surface area contributed by atoms with E-state index >= 15 is 0 Å². The van der Waals surface area contributed by atoms with Crippen molar-refractivity contribution in [3.8, 4) is 0 Å². The van der Waals surface area contributed by atoms with Crippen molar-refractivity contribution in [1.82, 2.24) is 9.22 Å². The first-order valence-corrected chi connectivity index (χ1v) is 8.71. The van der Waals surface area contributed by atoms with Crippen LogP contribution >= 0.6 is 0 Å². The SMILES string of the molecule is CC[Si](CC)(CC)n1ccnc1C(C)C. The third kappa shape index (κ3) is 2.17. The second-order valence-electron chi connectivity index (χ2n) is 4.60. The molecule has 0 aliphatic rings. The predicted molar refractivity (Wildman–Crippen MR) is 68.9 cm³/mol. The van der Waals surface area contributed by atoms with Gasteiger partial charge in [0.15, 0.2) is 8.24 Å². The Labute approximate surface area is 94.8 Å². The number of aromatic nitrogens is 2. The molecule has 0 aromatic carbocycles. The van der Waals surface area contributed by atoms with Crippen molar-refractivity contribution < 1.29 is 0 Å². The molecule has 86 valence electrons. The highest BCUT2D eigenvalue weighted by Crippen LogP contribution is 2.26. The van der Waals surface area contributed by atoms with E-state index in [0.717, 1.165) is 0 Å². The molecule has 0 amide bonds. The van der Waals surface area contributed by atoms with Gasteiger partial charge in [0.25, 0.3) is 0 Å². The van der Waals surface area contributed by atoms with Gasteiger partial charge in [-0.25, -0.2) is 4.98 Å². The van der Waals surface area contributed by atoms with Gasteiger partial charge in [-0.15, -0.1) is 0 Å². The maximum atomic E-state index is 4.52. The van der Waals surface area contributed by atoms with Crippen LogP contribution in [-0.4, -0.2) is 17.5 Å². The molecule has 0 saturated carbocycles. The highest BCUT2D eigenvalue weighted by Gasteiger charge is 2.31. The summed E-state index contributed by atoms with van der Waals surface area (Å²) in [5.74, 6) is 1.82. The van der Waals surface area contributed by atoms with Crippen LogP contribution < -0.4 is 0 Å². The van der Waals surface area contributed by atoms with E-state index in [2.05, 4.69) is 50.0 Å². The Morgan fingerprint density at radius 1 is 1.20 bits per heavy atom. The quantitative estimate of drug-likeness (QED) is 0.694. The summed E-state index contributed by atoms with van der Waals surface area (Å²) in [5, 5.41) is 0. The van der Waals surface area contributed by atoms with Gasteiger partial charge in [-0.2, -0.15) is 0 Å². The van der Waals surface area contributed by atoms with Crippen LogP contribution in [-0.2, 0) is 0 Å². The fourth-order valence-corrected chi connectivity index (χ4v) is 6.11. The summed E-state index contributed by atoms with van der Waals surface area (Å²) in [6, 6.07) is 3.95. The second-order valence-corrected chi connectivity index (χ2v) is 9.65. The van der Waals surface area contributed by atoms with Crippen LogP contribution in [0.2, 0.25) is 18.1 Å². The Kier molecular flexibility index (Phi) is 4.14. The first-order chi connectivity index (χ1) is 7.11. The van der Waals surface area contributed by atoms with Gasteiger partial charge in [0.05, 0.1) is 0 Å². The molecular formula is C12H24N2Si. The van der Waals surface area contributed by atoms with E-state index in [1.165, 1.54) is 24.0 Å². The molecule has 0 aliphatic carbocycles. The van der Waals surface area contributed by atoms with Gasteiger partial charge >= 0.3 is 0 Å². The number of hydrogen-bond donors (Lipinski definition) is 0. The molecule has 0 saturated heterocycles. The van der Waals surface area contributed by atoms with Gasteiger partial charge < -0.3 is 4.23 Å². The van der Waals surface area contributed by atoms with E-state index in [1.54, 1.807) is 0 Å². The lowest BCUT2D eigenvalue weighted by Gasteiger charge is -2.32. The minimum absolute atomic E-state index is 0.538. The molecule has 0 bridgehead atoms. The Bertz CT molecular complexity index is 292. The zero-order valence-corrected chi connectivity index (χ0v) is 11.7. The van der Waals surface area contributed by atoms with E-state index in [4.69, 9.17) is 0 Å². The van der Waals surface area contributed by atoms with E-state index < -0.39 is 8.24 Å². The van der Waals surface area contributed by atoms with Crippen molar-refractivity contribution in [1.29, 1.82) is 0 Å². The molecular weight excluding hydrogens is 200 g/mol. The van der Waals surface area contributed by atoms with Crippen LogP contribution in [0.15, 0.2) is 12.4 Å². The van der Waals surface area contributed by atoms with Crippen molar-refractivity contribution >= 4 is 8.24 Å². The maximum Gasteiger partial charge on any atom is 0.162 e. The van der Waals surface area contributed by atoms with E-state index in [1.807, 2.05) is 6.20 Å². The Morgan fingerprint density at radius 2 is 1.73 bits per heavy atom. The number of hydrogen-bond acceptors (Lipinski definition) is 1. The normalized spacial score (nSPS) is 12.4. The largest absolute Gasteiger partial charge is 0.362 e. The molecule has 0 unspecified atom stereocenters. The number of rotatable bonds is 5. The van der Waals surface area contributed by atoms with Gasteiger partial charge in [-0.05, 0) is 18.1 Å². The summed E-state index contributed by atoms with van der Waals surface area (Å²) < 4.78 is 2.54. The van der Waals surface area contributed by atoms with Crippen LogP contribution in [0.5, 0.6) is 0 Å².